The van der Waals surface area contributed by atoms with Crippen LogP contribution in [-0.2, 0) is 31.8 Å². The Balaban J connectivity index is 1.10. The quantitative estimate of drug-likeness (QED) is 0.278. The van der Waals surface area contributed by atoms with Gasteiger partial charge in [0, 0.05) is 18.4 Å². The summed E-state index contributed by atoms with van der Waals surface area (Å²) in [5.41, 5.74) is 1.58. The van der Waals surface area contributed by atoms with Crippen LogP contribution in [0.25, 0.3) is 0 Å². The van der Waals surface area contributed by atoms with Gasteiger partial charge in [-0.2, -0.15) is 0 Å². The van der Waals surface area contributed by atoms with Gasteiger partial charge in [0.25, 0.3) is 11.8 Å². The zero-order valence-electron chi connectivity index (χ0n) is 28.1. The lowest BCUT2D eigenvalue weighted by Crippen LogP contribution is -2.65. The maximum Gasteiger partial charge on any atom is 0.482 e. The van der Waals surface area contributed by atoms with Gasteiger partial charge in [0.05, 0.1) is 37.0 Å². The van der Waals surface area contributed by atoms with Crippen molar-refractivity contribution < 1.29 is 28.5 Å². The standard InChI is InChI=1S/C38H44BN3O6/c1-36(2)28-20-31(36)37(3)32(21-28)46-39(47-37)33(19-25-11-7-5-8-12-25)41-35(44)38(22-26-13-9-6-10-14-26)23-29(42-48-38)24-40-34(43)27-15-17-30(45-4)18-16-27/h5-18,28,31-33H,19-24H2,1-4H3,(H,40,43)(H,41,44)/t28-,31-,32+,33-,37-,38?/m0/s1. The topological polar surface area (TPSA) is 107 Å². The molecule has 2 bridgehead atoms. The lowest BCUT2D eigenvalue weighted by Gasteiger charge is -2.64. The Kier molecular flexibility index (Phi) is 8.58. The van der Waals surface area contributed by atoms with Crippen LogP contribution in [0.5, 0.6) is 5.75 Å². The zero-order chi connectivity index (χ0) is 33.5. The first-order valence-electron chi connectivity index (χ1n) is 17.0. The molecular weight excluding hydrogens is 605 g/mol. The second-order valence-corrected chi connectivity index (χ2v) is 14.6. The van der Waals surface area contributed by atoms with Gasteiger partial charge in [-0.1, -0.05) is 79.7 Å². The Morgan fingerprint density at radius 1 is 0.958 bits per heavy atom. The summed E-state index contributed by atoms with van der Waals surface area (Å²) in [7, 11) is 0.969. The van der Waals surface area contributed by atoms with Crippen molar-refractivity contribution in [3.05, 3.63) is 102 Å². The van der Waals surface area contributed by atoms with Crippen LogP contribution in [0.2, 0.25) is 0 Å². The van der Waals surface area contributed by atoms with Gasteiger partial charge in [-0.15, -0.1) is 0 Å². The van der Waals surface area contributed by atoms with Gasteiger partial charge in [0.2, 0.25) is 5.60 Å². The molecule has 0 radical (unpaired) electrons. The molecule has 5 aliphatic rings. The third kappa shape index (κ3) is 6.01. The molecule has 0 aromatic heterocycles. The first-order valence-corrected chi connectivity index (χ1v) is 17.0. The van der Waals surface area contributed by atoms with Crippen molar-refractivity contribution in [2.75, 3.05) is 13.7 Å². The average Bonchev–Trinajstić information content (AvgIpc) is 3.69. The van der Waals surface area contributed by atoms with Crippen LogP contribution in [0.4, 0.5) is 0 Å². The first-order chi connectivity index (χ1) is 23.1. The minimum Gasteiger partial charge on any atom is -0.497 e. The minimum absolute atomic E-state index is 0.0142. The number of carbonyl (C=O) groups excluding carboxylic acids is 2. The summed E-state index contributed by atoms with van der Waals surface area (Å²) < 4.78 is 18.8. The molecule has 48 heavy (non-hydrogen) atoms. The highest BCUT2D eigenvalue weighted by Gasteiger charge is 2.68. The molecule has 2 N–H and O–H groups in total. The molecule has 0 spiro atoms. The molecule has 6 atom stereocenters. The Hall–Kier alpha value is -4.15. The van der Waals surface area contributed by atoms with E-state index < -0.39 is 24.3 Å². The van der Waals surface area contributed by atoms with Crippen molar-refractivity contribution in [2.24, 2.45) is 22.4 Å². The highest BCUT2D eigenvalue weighted by Crippen LogP contribution is 2.65. The number of nitrogens with one attached hydrogen (secondary N) is 2. The highest BCUT2D eigenvalue weighted by molar-refractivity contribution is 6.48. The summed E-state index contributed by atoms with van der Waals surface area (Å²) >= 11 is 0. The van der Waals surface area contributed by atoms with Gasteiger partial charge in [0.15, 0.2) is 0 Å². The van der Waals surface area contributed by atoms with Crippen molar-refractivity contribution in [1.82, 2.24) is 10.6 Å². The highest BCUT2D eigenvalue weighted by atomic mass is 16.7. The van der Waals surface area contributed by atoms with Gasteiger partial charge in [0.1, 0.15) is 5.75 Å². The monoisotopic (exact) mass is 649 g/mol. The molecule has 250 valence electrons. The van der Waals surface area contributed by atoms with Crippen LogP contribution in [0.1, 0.15) is 61.5 Å². The number of nitrogens with zero attached hydrogens (tertiary/aromatic N) is 1. The van der Waals surface area contributed by atoms with E-state index in [1.807, 2.05) is 48.5 Å². The number of carbonyl (C=O) groups is 2. The second kappa shape index (κ2) is 12.7. The molecule has 2 amide bonds. The summed E-state index contributed by atoms with van der Waals surface area (Å²) in [6.07, 6.45) is 3.16. The molecule has 2 aliphatic heterocycles. The van der Waals surface area contributed by atoms with E-state index in [-0.39, 0.29) is 36.3 Å². The third-order valence-electron chi connectivity index (χ3n) is 11.3. The lowest BCUT2D eigenvalue weighted by molar-refractivity contribution is -0.199. The molecule has 3 aromatic rings. The van der Waals surface area contributed by atoms with E-state index in [1.165, 1.54) is 0 Å². The molecule has 9 nitrogen and oxygen atoms in total. The minimum atomic E-state index is -1.31. The van der Waals surface area contributed by atoms with E-state index in [2.05, 4.69) is 48.7 Å². The number of ether oxygens (including phenoxy) is 1. The van der Waals surface area contributed by atoms with E-state index in [9.17, 15) is 9.59 Å². The van der Waals surface area contributed by atoms with Crippen LogP contribution in [-0.4, -0.2) is 61.5 Å². The summed E-state index contributed by atoms with van der Waals surface area (Å²) in [6.45, 7) is 7.03. The molecule has 3 saturated carbocycles. The molecule has 4 fully saturated rings. The normalized spacial score (nSPS) is 28.7. The van der Waals surface area contributed by atoms with E-state index >= 15 is 0 Å². The molecular formula is C38H44BN3O6. The van der Waals surface area contributed by atoms with Crippen molar-refractivity contribution in [3.63, 3.8) is 0 Å². The van der Waals surface area contributed by atoms with E-state index in [0.717, 1.165) is 24.0 Å². The van der Waals surface area contributed by atoms with Gasteiger partial charge in [-0.3, -0.25) is 9.59 Å². The fourth-order valence-corrected chi connectivity index (χ4v) is 8.34. The van der Waals surface area contributed by atoms with Crippen molar-refractivity contribution in [1.29, 1.82) is 0 Å². The maximum absolute atomic E-state index is 14.5. The molecule has 2 heterocycles. The lowest BCUT2D eigenvalue weighted by atomic mass is 9.43. The fourth-order valence-electron chi connectivity index (χ4n) is 8.34. The van der Waals surface area contributed by atoms with Crippen LogP contribution in [0, 0.1) is 17.3 Å². The van der Waals surface area contributed by atoms with Gasteiger partial charge < -0.3 is 29.5 Å². The predicted octanol–water partition coefficient (Wildman–Crippen LogP) is 5.18. The fraction of sp³-hybridized carbons (Fsp3) is 0.447. The third-order valence-corrected chi connectivity index (χ3v) is 11.3. The van der Waals surface area contributed by atoms with Crippen molar-refractivity contribution >= 4 is 24.6 Å². The number of amides is 2. The Bertz CT molecular complexity index is 1670. The molecule has 1 saturated heterocycles. The first kappa shape index (κ1) is 32.4. The molecule has 10 heteroatoms. The summed E-state index contributed by atoms with van der Waals surface area (Å²) in [5.74, 6) is 0.691. The van der Waals surface area contributed by atoms with Gasteiger partial charge in [-0.05, 0) is 78.8 Å². The Morgan fingerprint density at radius 2 is 1.65 bits per heavy atom. The number of rotatable bonds is 11. The van der Waals surface area contributed by atoms with Crippen LogP contribution >= 0.6 is 0 Å². The van der Waals surface area contributed by atoms with Gasteiger partial charge >= 0.3 is 7.12 Å². The van der Waals surface area contributed by atoms with E-state index in [0.29, 0.717) is 41.7 Å². The largest absolute Gasteiger partial charge is 0.497 e. The zero-order valence-corrected chi connectivity index (χ0v) is 28.1. The van der Waals surface area contributed by atoms with Crippen LogP contribution < -0.4 is 15.4 Å². The maximum atomic E-state index is 14.5. The number of benzene rings is 3. The predicted molar refractivity (Wildman–Crippen MR) is 184 cm³/mol. The average molecular weight is 650 g/mol. The number of hydrogen-bond donors (Lipinski definition) is 2. The summed E-state index contributed by atoms with van der Waals surface area (Å²) in [6, 6.07) is 26.8. The second-order valence-electron chi connectivity index (χ2n) is 14.6. The SMILES string of the molecule is COc1ccc(C(=O)NCC2=NOC(Cc3ccccc3)(C(=O)N[C@@H](Cc3ccccc3)B3O[C@@H]4C[C@@H]5C[C@@H](C5(C)C)[C@]4(C)O3)C2)cc1. The smallest absolute Gasteiger partial charge is 0.482 e. The van der Waals surface area contributed by atoms with Crippen LogP contribution in [0.15, 0.2) is 90.1 Å². The van der Waals surface area contributed by atoms with Crippen LogP contribution in [0.3, 0.4) is 0 Å². The van der Waals surface area contributed by atoms with Gasteiger partial charge in [-0.25, -0.2) is 0 Å². The summed E-state index contributed by atoms with van der Waals surface area (Å²) in [5, 5.41) is 10.6. The van der Waals surface area contributed by atoms with E-state index in [1.54, 1.807) is 31.4 Å². The molecule has 8 rings (SSSR count). The molecule has 3 aliphatic carbocycles. The van der Waals surface area contributed by atoms with Crippen molar-refractivity contribution in [2.45, 2.75) is 76.1 Å². The Labute approximate surface area is 282 Å². The summed E-state index contributed by atoms with van der Waals surface area (Å²) in [4.78, 5) is 33.5. The van der Waals surface area contributed by atoms with Crippen molar-refractivity contribution in [3.8, 4) is 5.75 Å². The number of oxime groups is 1. The van der Waals surface area contributed by atoms with E-state index in [4.69, 9.17) is 18.9 Å². The number of hydrogen-bond acceptors (Lipinski definition) is 7. The number of methoxy groups -OCH3 is 1. The Morgan fingerprint density at radius 3 is 2.31 bits per heavy atom. The molecule has 1 unspecified atom stereocenters. The molecule has 3 aromatic carbocycles.